The van der Waals surface area contributed by atoms with Crippen molar-refractivity contribution in [3.8, 4) is 0 Å². The van der Waals surface area contributed by atoms with E-state index in [1.807, 2.05) is 79.5 Å². The van der Waals surface area contributed by atoms with Gasteiger partial charge in [0.25, 0.3) is 0 Å². The highest BCUT2D eigenvalue weighted by Crippen LogP contribution is 2.37. The van der Waals surface area contributed by atoms with E-state index in [2.05, 4.69) is 10.6 Å². The Labute approximate surface area is 179 Å². The Bertz CT molecular complexity index is 785. The summed E-state index contributed by atoms with van der Waals surface area (Å²) in [5, 5.41) is 6.20. The molecule has 1 fully saturated rings. The molecular formula is C23H30ClN3O2. The van der Waals surface area contributed by atoms with Gasteiger partial charge >= 0.3 is 0 Å². The summed E-state index contributed by atoms with van der Waals surface area (Å²) >= 11 is 0. The summed E-state index contributed by atoms with van der Waals surface area (Å²) in [6.07, 6.45) is 0.972. The summed E-state index contributed by atoms with van der Waals surface area (Å²) < 4.78 is 0. The molecule has 1 aliphatic heterocycles. The number of likely N-dealkylation sites (N-methyl/N-ethyl adjacent to an activating group) is 1. The van der Waals surface area contributed by atoms with Gasteiger partial charge in [0, 0.05) is 25.6 Å². The molecule has 3 atom stereocenters. The molecule has 1 aliphatic rings. The number of halogens is 1. The molecule has 3 unspecified atom stereocenters. The van der Waals surface area contributed by atoms with Crippen LogP contribution in [0.5, 0.6) is 0 Å². The van der Waals surface area contributed by atoms with E-state index < -0.39 is 0 Å². The van der Waals surface area contributed by atoms with Crippen LogP contribution < -0.4 is 10.6 Å². The van der Waals surface area contributed by atoms with E-state index in [1.165, 1.54) is 0 Å². The van der Waals surface area contributed by atoms with Gasteiger partial charge in [0.15, 0.2) is 0 Å². The molecule has 0 bridgehead atoms. The number of hydrogen-bond donors (Lipinski definition) is 2. The number of piperidine rings is 1. The van der Waals surface area contributed by atoms with E-state index in [9.17, 15) is 9.59 Å². The van der Waals surface area contributed by atoms with Gasteiger partial charge in [0.05, 0.1) is 12.0 Å². The van der Waals surface area contributed by atoms with Crippen LogP contribution in [0.4, 0.5) is 0 Å². The smallest absolute Gasteiger partial charge is 0.225 e. The highest BCUT2D eigenvalue weighted by molar-refractivity contribution is 5.85. The molecule has 0 saturated carbocycles. The average molecular weight is 416 g/mol. The molecule has 1 saturated heterocycles. The van der Waals surface area contributed by atoms with Crippen molar-refractivity contribution in [3.05, 3.63) is 71.8 Å². The first-order valence-electron chi connectivity index (χ1n) is 9.93. The van der Waals surface area contributed by atoms with E-state index >= 15 is 0 Å². The first-order chi connectivity index (χ1) is 13.6. The van der Waals surface area contributed by atoms with Crippen LogP contribution in [0.15, 0.2) is 60.7 Å². The molecule has 3 rings (SSSR count). The number of hydrogen-bond acceptors (Lipinski definition) is 3. The highest BCUT2D eigenvalue weighted by atomic mass is 35.5. The van der Waals surface area contributed by atoms with Crippen molar-refractivity contribution in [2.24, 2.45) is 5.92 Å². The Morgan fingerprint density at radius 2 is 1.72 bits per heavy atom. The lowest BCUT2D eigenvalue weighted by Gasteiger charge is -2.41. The molecule has 0 radical (unpaired) electrons. The second kappa shape index (κ2) is 11.0. The maximum absolute atomic E-state index is 13.0. The summed E-state index contributed by atoms with van der Waals surface area (Å²) in [7, 11) is 1.88. The number of nitrogens with one attached hydrogen (secondary N) is 2. The van der Waals surface area contributed by atoms with Crippen LogP contribution in [0.1, 0.15) is 36.9 Å². The van der Waals surface area contributed by atoms with Crippen LogP contribution in [0, 0.1) is 5.92 Å². The van der Waals surface area contributed by atoms with Crippen molar-refractivity contribution in [1.82, 2.24) is 15.5 Å². The van der Waals surface area contributed by atoms with Gasteiger partial charge in [-0.3, -0.25) is 9.59 Å². The quantitative estimate of drug-likeness (QED) is 0.729. The molecule has 5 nitrogen and oxygen atoms in total. The second-order valence-electron chi connectivity index (χ2n) is 7.44. The van der Waals surface area contributed by atoms with Gasteiger partial charge in [0.2, 0.25) is 11.8 Å². The Hall–Kier alpha value is -2.37. The van der Waals surface area contributed by atoms with Crippen LogP contribution in [0.25, 0.3) is 0 Å². The molecule has 2 aromatic carbocycles. The summed E-state index contributed by atoms with van der Waals surface area (Å²) in [4.78, 5) is 27.8. The lowest BCUT2D eigenvalue weighted by molar-refractivity contribution is -0.144. The fraction of sp³-hybridized carbons (Fsp3) is 0.391. The summed E-state index contributed by atoms with van der Waals surface area (Å²) in [5.41, 5.74) is 2.08. The van der Waals surface area contributed by atoms with Gasteiger partial charge < -0.3 is 15.5 Å². The number of carbonyl (C=O) groups excluding carboxylic acids is 2. The third-order valence-electron chi connectivity index (χ3n) is 5.46. The van der Waals surface area contributed by atoms with Gasteiger partial charge in [-0.2, -0.15) is 0 Å². The number of amides is 2. The zero-order valence-corrected chi connectivity index (χ0v) is 17.8. The van der Waals surface area contributed by atoms with Gasteiger partial charge in [-0.05, 0) is 31.5 Å². The van der Waals surface area contributed by atoms with Gasteiger partial charge in [-0.25, -0.2) is 0 Å². The Morgan fingerprint density at radius 3 is 2.34 bits per heavy atom. The Balaban J connectivity index is 0.00000300. The fourth-order valence-corrected chi connectivity index (χ4v) is 3.74. The second-order valence-corrected chi connectivity index (χ2v) is 7.44. The summed E-state index contributed by atoms with van der Waals surface area (Å²) in [6.45, 7) is 3.11. The van der Waals surface area contributed by atoms with E-state index in [0.29, 0.717) is 25.9 Å². The maximum Gasteiger partial charge on any atom is 0.225 e. The minimum Gasteiger partial charge on any atom is -0.354 e. The minimum atomic E-state index is -0.257. The molecular weight excluding hydrogens is 386 g/mol. The molecule has 2 aromatic rings. The summed E-state index contributed by atoms with van der Waals surface area (Å²) in [5.74, 6) is -0.139. The molecule has 6 heteroatoms. The number of carbonyl (C=O) groups is 2. The first kappa shape index (κ1) is 22.9. The van der Waals surface area contributed by atoms with Gasteiger partial charge in [-0.1, -0.05) is 60.7 Å². The van der Waals surface area contributed by atoms with E-state index in [0.717, 1.165) is 11.1 Å². The SMILES string of the molecule is CNC(C)CNC(=O)C1CCC(=O)N(Cc2ccccc2)C1c1ccccc1.Cl. The van der Waals surface area contributed by atoms with E-state index in [1.54, 1.807) is 0 Å². The first-order valence-corrected chi connectivity index (χ1v) is 9.93. The molecule has 2 amide bonds. The largest absolute Gasteiger partial charge is 0.354 e. The third kappa shape index (κ3) is 5.81. The van der Waals surface area contributed by atoms with Crippen LogP contribution in [0.2, 0.25) is 0 Å². The Kier molecular flexibility index (Phi) is 8.68. The van der Waals surface area contributed by atoms with Crippen LogP contribution in [-0.2, 0) is 16.1 Å². The van der Waals surface area contributed by atoms with Crippen molar-refractivity contribution in [1.29, 1.82) is 0 Å². The monoisotopic (exact) mass is 415 g/mol. The molecule has 0 spiro atoms. The molecule has 2 N–H and O–H groups in total. The number of nitrogens with zero attached hydrogens (tertiary/aromatic N) is 1. The number of benzene rings is 2. The third-order valence-corrected chi connectivity index (χ3v) is 5.46. The molecule has 0 aromatic heterocycles. The molecule has 0 aliphatic carbocycles. The zero-order valence-electron chi connectivity index (χ0n) is 17.0. The van der Waals surface area contributed by atoms with Crippen molar-refractivity contribution in [2.75, 3.05) is 13.6 Å². The molecule has 156 valence electrons. The van der Waals surface area contributed by atoms with Crippen molar-refractivity contribution < 1.29 is 9.59 Å². The molecule has 1 heterocycles. The summed E-state index contributed by atoms with van der Waals surface area (Å²) in [6, 6.07) is 19.8. The lowest BCUT2D eigenvalue weighted by atomic mass is 9.83. The fourth-order valence-electron chi connectivity index (χ4n) is 3.74. The van der Waals surface area contributed by atoms with Crippen LogP contribution >= 0.6 is 12.4 Å². The van der Waals surface area contributed by atoms with Crippen LogP contribution in [0.3, 0.4) is 0 Å². The normalized spacial score (nSPS) is 19.9. The van der Waals surface area contributed by atoms with Gasteiger partial charge in [0.1, 0.15) is 0 Å². The lowest BCUT2D eigenvalue weighted by Crippen LogP contribution is -2.49. The van der Waals surface area contributed by atoms with Crippen molar-refractivity contribution >= 4 is 24.2 Å². The van der Waals surface area contributed by atoms with E-state index in [4.69, 9.17) is 0 Å². The number of likely N-dealkylation sites (tertiary alicyclic amines) is 1. The Morgan fingerprint density at radius 1 is 1.10 bits per heavy atom. The topological polar surface area (TPSA) is 61.4 Å². The predicted octanol–water partition coefficient (Wildman–Crippen LogP) is 3.31. The van der Waals surface area contributed by atoms with Crippen molar-refractivity contribution in [2.45, 2.75) is 38.4 Å². The van der Waals surface area contributed by atoms with Crippen LogP contribution in [-0.4, -0.2) is 36.3 Å². The predicted molar refractivity (Wildman–Crippen MR) is 118 cm³/mol. The number of rotatable bonds is 7. The maximum atomic E-state index is 13.0. The average Bonchev–Trinajstić information content (AvgIpc) is 2.74. The van der Waals surface area contributed by atoms with E-state index in [-0.39, 0.29) is 42.2 Å². The zero-order chi connectivity index (χ0) is 19.9. The highest BCUT2D eigenvalue weighted by Gasteiger charge is 2.40. The standard InChI is InChI=1S/C23H29N3O2.ClH/c1-17(24-2)15-25-23(28)20-13-14-21(27)26(16-18-9-5-3-6-10-18)22(20)19-11-7-4-8-12-19;/h3-12,17,20,22,24H,13-16H2,1-2H3,(H,25,28);1H. The van der Waals surface area contributed by atoms with Gasteiger partial charge in [-0.15, -0.1) is 12.4 Å². The van der Waals surface area contributed by atoms with Crippen molar-refractivity contribution in [3.63, 3.8) is 0 Å². The minimum absolute atomic E-state index is 0. The molecule has 29 heavy (non-hydrogen) atoms.